The predicted molar refractivity (Wildman–Crippen MR) is 132 cm³/mol. The second kappa shape index (κ2) is 9.42. The van der Waals surface area contributed by atoms with Crippen molar-refractivity contribution in [1.82, 2.24) is 14.5 Å². The molecule has 0 radical (unpaired) electrons. The Kier molecular flexibility index (Phi) is 6.40. The van der Waals surface area contributed by atoms with E-state index in [1.54, 1.807) is 0 Å². The van der Waals surface area contributed by atoms with Gasteiger partial charge in [0.15, 0.2) is 5.82 Å². The summed E-state index contributed by atoms with van der Waals surface area (Å²) in [6.45, 7) is 2.77. The molecule has 1 unspecified atom stereocenters. The molecule has 3 heterocycles. The van der Waals surface area contributed by atoms with Crippen LogP contribution in [0.5, 0.6) is 0 Å². The van der Waals surface area contributed by atoms with E-state index in [1.165, 1.54) is 29.4 Å². The first kappa shape index (κ1) is 25.2. The van der Waals surface area contributed by atoms with E-state index in [0.717, 1.165) is 11.3 Å². The van der Waals surface area contributed by atoms with Gasteiger partial charge in [0.2, 0.25) is 10.0 Å². The van der Waals surface area contributed by atoms with E-state index < -0.39 is 28.1 Å². The van der Waals surface area contributed by atoms with Crippen LogP contribution in [0.4, 0.5) is 24.7 Å². The molecule has 0 N–H and O–H groups in total. The summed E-state index contributed by atoms with van der Waals surface area (Å²) >= 11 is 0. The van der Waals surface area contributed by atoms with Crippen molar-refractivity contribution in [1.29, 1.82) is 0 Å². The number of hydrogen-bond donors (Lipinski definition) is 0. The lowest BCUT2D eigenvalue weighted by molar-refractivity contribution is -0.170. The standard InChI is InChI=1S/C25H24F3N5O3S/c1-17-15-19-16-20(7-9-22(19)33(17)24(34)25(26,27)28)37(35,36)32-13-11-31(12-14-32)23-10-8-21(29-30-23)18-5-3-2-4-6-18/h2-10,16-17H,11-15H2,1H3. The number of alkyl halides is 3. The van der Waals surface area contributed by atoms with Gasteiger partial charge >= 0.3 is 12.1 Å². The van der Waals surface area contributed by atoms with E-state index in [2.05, 4.69) is 10.2 Å². The summed E-state index contributed by atoms with van der Waals surface area (Å²) in [7, 11) is -3.87. The first-order chi connectivity index (χ1) is 17.6. The third-order valence-corrected chi connectivity index (χ3v) is 8.54. The van der Waals surface area contributed by atoms with Crippen LogP contribution in [-0.4, -0.2) is 67.2 Å². The fourth-order valence-corrected chi connectivity index (χ4v) is 6.25. The molecule has 0 bridgehead atoms. The fourth-order valence-electron chi connectivity index (χ4n) is 4.78. The first-order valence-electron chi connectivity index (χ1n) is 11.7. The number of nitrogens with zero attached hydrogens (tertiary/aromatic N) is 5. The maximum Gasteiger partial charge on any atom is 0.471 e. The van der Waals surface area contributed by atoms with Gasteiger partial charge in [-0.25, -0.2) is 8.42 Å². The maximum atomic E-state index is 13.3. The minimum Gasteiger partial charge on any atom is -0.352 e. The second-order valence-corrected chi connectivity index (χ2v) is 11.0. The Morgan fingerprint density at radius 1 is 0.946 bits per heavy atom. The van der Waals surface area contributed by atoms with Crippen molar-refractivity contribution in [2.24, 2.45) is 0 Å². The molecule has 1 amide bonds. The summed E-state index contributed by atoms with van der Waals surface area (Å²) in [6.07, 6.45) is -4.86. The molecule has 8 nitrogen and oxygen atoms in total. The van der Waals surface area contributed by atoms with Gasteiger partial charge in [-0.1, -0.05) is 30.3 Å². The van der Waals surface area contributed by atoms with Gasteiger partial charge in [-0.3, -0.25) is 4.79 Å². The lowest BCUT2D eigenvalue weighted by atomic mass is 10.1. The van der Waals surface area contributed by atoms with Crippen LogP contribution in [0.15, 0.2) is 65.6 Å². The molecule has 0 aliphatic carbocycles. The van der Waals surface area contributed by atoms with Gasteiger partial charge in [0, 0.05) is 43.5 Å². The van der Waals surface area contributed by atoms with Gasteiger partial charge in [0.1, 0.15) is 0 Å². The molecule has 1 aromatic heterocycles. The SMILES string of the molecule is CC1Cc2cc(S(=O)(=O)N3CCN(c4ccc(-c5ccccc5)nn4)CC3)ccc2N1C(=O)C(F)(F)F. The molecule has 2 aliphatic heterocycles. The zero-order chi connectivity index (χ0) is 26.4. The highest BCUT2D eigenvalue weighted by atomic mass is 32.2. The lowest BCUT2D eigenvalue weighted by Crippen LogP contribution is -2.49. The van der Waals surface area contributed by atoms with E-state index in [9.17, 15) is 26.4 Å². The summed E-state index contributed by atoms with van der Waals surface area (Å²) < 4.78 is 67.0. The van der Waals surface area contributed by atoms with Gasteiger partial charge in [-0.05, 0) is 49.2 Å². The van der Waals surface area contributed by atoms with E-state index in [0.29, 0.717) is 29.4 Å². The third-order valence-electron chi connectivity index (χ3n) is 6.65. The summed E-state index contributed by atoms with van der Waals surface area (Å²) in [5, 5.41) is 8.60. The van der Waals surface area contributed by atoms with Crippen LogP contribution in [0.3, 0.4) is 0 Å². The average molecular weight is 532 g/mol. The van der Waals surface area contributed by atoms with E-state index in [-0.39, 0.29) is 30.1 Å². The van der Waals surface area contributed by atoms with Crippen molar-refractivity contribution >= 4 is 27.4 Å². The van der Waals surface area contributed by atoms with E-state index >= 15 is 0 Å². The predicted octanol–water partition coefficient (Wildman–Crippen LogP) is 3.49. The Morgan fingerprint density at radius 3 is 2.27 bits per heavy atom. The molecule has 1 fully saturated rings. The molecule has 3 aromatic rings. The van der Waals surface area contributed by atoms with Crippen molar-refractivity contribution in [3.63, 3.8) is 0 Å². The van der Waals surface area contributed by atoms with Gasteiger partial charge in [-0.15, -0.1) is 10.2 Å². The zero-order valence-corrected chi connectivity index (χ0v) is 20.7. The van der Waals surface area contributed by atoms with Gasteiger partial charge in [0.05, 0.1) is 10.6 Å². The van der Waals surface area contributed by atoms with Crippen LogP contribution in [0.1, 0.15) is 12.5 Å². The maximum absolute atomic E-state index is 13.3. The normalized spacial score (nSPS) is 18.6. The number of anilines is 2. The van der Waals surface area contributed by atoms with Crippen LogP contribution < -0.4 is 9.80 Å². The molecule has 37 heavy (non-hydrogen) atoms. The van der Waals surface area contributed by atoms with E-state index in [4.69, 9.17) is 0 Å². The number of hydrogen-bond acceptors (Lipinski definition) is 6. The summed E-state index contributed by atoms with van der Waals surface area (Å²) in [5.74, 6) is -1.30. The number of aromatic nitrogens is 2. The molecule has 5 rings (SSSR count). The minimum absolute atomic E-state index is 0.000198. The topological polar surface area (TPSA) is 86.7 Å². The van der Waals surface area contributed by atoms with Crippen LogP contribution in [-0.2, 0) is 21.2 Å². The number of piperazine rings is 1. The highest BCUT2D eigenvalue weighted by Crippen LogP contribution is 2.37. The Labute approximate surface area is 212 Å². The molecule has 194 valence electrons. The highest BCUT2D eigenvalue weighted by molar-refractivity contribution is 7.89. The molecule has 0 spiro atoms. The average Bonchev–Trinajstić information content (AvgIpc) is 3.23. The van der Waals surface area contributed by atoms with Crippen molar-refractivity contribution in [3.8, 4) is 11.3 Å². The number of carbonyl (C=O) groups is 1. The van der Waals surface area contributed by atoms with E-state index in [1.807, 2.05) is 47.4 Å². The van der Waals surface area contributed by atoms with Crippen molar-refractivity contribution in [2.45, 2.75) is 30.5 Å². The van der Waals surface area contributed by atoms with Crippen LogP contribution in [0, 0.1) is 0 Å². The molecule has 1 atom stereocenters. The molecular weight excluding hydrogens is 507 g/mol. The number of amides is 1. The van der Waals surface area contributed by atoms with Gasteiger partial charge in [-0.2, -0.15) is 17.5 Å². The van der Waals surface area contributed by atoms with Crippen molar-refractivity contribution in [2.75, 3.05) is 36.0 Å². The number of sulfonamides is 1. The zero-order valence-electron chi connectivity index (χ0n) is 19.9. The number of benzene rings is 2. The second-order valence-electron chi connectivity index (χ2n) is 9.05. The number of fused-ring (bicyclic) bond motifs is 1. The molecule has 12 heteroatoms. The molecule has 2 aliphatic rings. The Hall–Kier alpha value is -3.51. The molecule has 2 aromatic carbocycles. The van der Waals surface area contributed by atoms with Crippen LogP contribution in [0.25, 0.3) is 11.3 Å². The van der Waals surface area contributed by atoms with Crippen LogP contribution >= 0.6 is 0 Å². The summed E-state index contributed by atoms with van der Waals surface area (Å²) in [4.78, 5) is 14.5. The summed E-state index contributed by atoms with van der Waals surface area (Å²) in [5.41, 5.74) is 2.19. The number of carbonyl (C=O) groups excluding carboxylic acids is 1. The quantitative estimate of drug-likeness (QED) is 0.512. The Morgan fingerprint density at radius 2 is 1.65 bits per heavy atom. The number of rotatable bonds is 4. The molecular formula is C25H24F3N5O3S. The molecule has 1 saturated heterocycles. The van der Waals surface area contributed by atoms with Crippen molar-refractivity contribution < 1.29 is 26.4 Å². The number of halogens is 3. The fraction of sp³-hybridized carbons (Fsp3) is 0.320. The summed E-state index contributed by atoms with van der Waals surface area (Å²) in [6, 6.07) is 16.6. The lowest BCUT2D eigenvalue weighted by Gasteiger charge is -2.34. The minimum atomic E-state index is -5.01. The molecule has 0 saturated carbocycles. The van der Waals surface area contributed by atoms with Gasteiger partial charge < -0.3 is 9.80 Å². The van der Waals surface area contributed by atoms with Crippen LogP contribution in [0.2, 0.25) is 0 Å². The first-order valence-corrected chi connectivity index (χ1v) is 13.2. The Balaban J connectivity index is 1.28. The smallest absolute Gasteiger partial charge is 0.352 e. The Bertz CT molecular complexity index is 1410. The monoisotopic (exact) mass is 531 g/mol. The van der Waals surface area contributed by atoms with Crippen molar-refractivity contribution in [3.05, 3.63) is 66.2 Å². The van der Waals surface area contributed by atoms with Gasteiger partial charge in [0.25, 0.3) is 0 Å². The highest BCUT2D eigenvalue weighted by Gasteiger charge is 2.47. The largest absolute Gasteiger partial charge is 0.471 e. The third kappa shape index (κ3) is 4.78.